The van der Waals surface area contributed by atoms with Crippen LogP contribution >= 0.6 is 0 Å². The lowest BCUT2D eigenvalue weighted by Crippen LogP contribution is -2.60. The average Bonchev–Trinajstić information content (AvgIpc) is 3.28. The molecule has 242 valence electrons. The minimum Gasteiger partial charge on any atom is -0.463 e. The number of nitrogens with two attached hydrogens (primary N) is 1. The third-order valence-corrected chi connectivity index (χ3v) is 7.01. The smallest absolute Gasteiger partial charge is 0.392 e. The fourth-order valence-electron chi connectivity index (χ4n) is 4.85. The van der Waals surface area contributed by atoms with Gasteiger partial charge in [-0.3, -0.25) is 4.90 Å². The zero-order valence-corrected chi connectivity index (χ0v) is 24.5. The van der Waals surface area contributed by atoms with Gasteiger partial charge in [0.2, 0.25) is 6.10 Å². The third-order valence-electron chi connectivity index (χ3n) is 7.01. The van der Waals surface area contributed by atoms with Gasteiger partial charge in [-0.15, -0.1) is 4.73 Å². The van der Waals surface area contributed by atoms with Gasteiger partial charge in [-0.2, -0.15) is 14.5 Å². The van der Waals surface area contributed by atoms with Crippen molar-refractivity contribution in [2.45, 2.75) is 38.2 Å². The van der Waals surface area contributed by atoms with Crippen LogP contribution in [0.4, 0.5) is 5.82 Å². The minimum absolute atomic E-state index is 0.194. The molecular formula is C27H33N7O11. The summed E-state index contributed by atoms with van der Waals surface area (Å²) in [5, 5.41) is 3.11. The molecule has 0 radical (unpaired) electrons. The molecule has 18 heteroatoms. The Bertz CT molecular complexity index is 1580. The number of nitrogen functional groups attached to an aromatic ring is 1. The predicted molar refractivity (Wildman–Crippen MR) is 151 cm³/mol. The highest BCUT2D eigenvalue weighted by Crippen LogP contribution is 2.33. The second-order valence-corrected chi connectivity index (χ2v) is 10.2. The van der Waals surface area contributed by atoms with Gasteiger partial charge in [0.25, 0.3) is 0 Å². The lowest BCUT2D eigenvalue weighted by Gasteiger charge is -2.38. The van der Waals surface area contributed by atoms with Gasteiger partial charge in [0.1, 0.15) is 0 Å². The van der Waals surface area contributed by atoms with Crippen LogP contribution < -0.4 is 26.3 Å². The quantitative estimate of drug-likeness (QED) is 0.222. The Labute approximate surface area is 255 Å². The van der Waals surface area contributed by atoms with Crippen molar-refractivity contribution in [3.8, 4) is 6.01 Å². The zero-order valence-electron chi connectivity index (χ0n) is 24.5. The number of carbonyl (C=O) groups is 4. The molecule has 3 aliphatic heterocycles. The zero-order chi connectivity index (χ0) is 32.0. The Kier molecular flexibility index (Phi) is 9.74. The van der Waals surface area contributed by atoms with Crippen molar-refractivity contribution in [1.29, 1.82) is 0 Å². The molecule has 2 unspecified atom stereocenters. The summed E-state index contributed by atoms with van der Waals surface area (Å²) in [6.07, 6.45) is 3.38. The van der Waals surface area contributed by atoms with Crippen LogP contribution in [-0.2, 0) is 44.0 Å². The lowest BCUT2D eigenvalue weighted by molar-refractivity contribution is -0.303. The summed E-state index contributed by atoms with van der Waals surface area (Å²) in [6, 6.07) is -0.271. The van der Waals surface area contributed by atoms with E-state index in [1.807, 2.05) is 6.92 Å². The van der Waals surface area contributed by atoms with Gasteiger partial charge in [0, 0.05) is 43.9 Å². The van der Waals surface area contributed by atoms with Crippen LogP contribution in [-0.4, -0.2) is 107 Å². The first-order chi connectivity index (χ1) is 21.7. The molecule has 45 heavy (non-hydrogen) atoms. The number of anilines is 1. The summed E-state index contributed by atoms with van der Waals surface area (Å²) >= 11 is 0. The Morgan fingerprint density at radius 3 is 2.38 bits per heavy atom. The molecule has 2 aromatic rings. The first-order valence-electron chi connectivity index (χ1n) is 14.4. The maximum atomic E-state index is 14.0. The summed E-state index contributed by atoms with van der Waals surface area (Å²) in [7, 11) is 0. The van der Waals surface area contributed by atoms with Crippen molar-refractivity contribution in [2.24, 2.45) is 0 Å². The fourth-order valence-corrected chi connectivity index (χ4v) is 4.85. The van der Waals surface area contributed by atoms with Crippen LogP contribution in [0.25, 0.3) is 11.2 Å². The van der Waals surface area contributed by atoms with Crippen LogP contribution in [0.15, 0.2) is 29.1 Å². The standard InChI is InChI=1S/C27H33N7O11/c1-2-3-13-41-25-30-23(28)22-24(31-25)33-26(39)34(22)45-21(38)8-7-20(37)44-27(33)17(42-18(35)5-6-19(36)43-27)16-29-9-4-10-32-11-14-40-15-12-32/h5-8,17,29H,2-4,9-16H2,1H3,(H2,28,30,31)/b6-5-,8-7-. The number of rotatable bonds is 10. The summed E-state index contributed by atoms with van der Waals surface area (Å²) < 4.78 is 28.9. The monoisotopic (exact) mass is 631 g/mol. The van der Waals surface area contributed by atoms with Gasteiger partial charge >= 0.3 is 41.5 Å². The number of hydrogen-bond donors (Lipinski definition) is 2. The second-order valence-electron chi connectivity index (χ2n) is 10.2. The van der Waals surface area contributed by atoms with Crippen LogP contribution in [0, 0.1) is 0 Å². The molecule has 0 aliphatic carbocycles. The minimum atomic E-state index is -2.82. The number of nitrogens with one attached hydrogen (secondary N) is 1. The van der Waals surface area contributed by atoms with E-state index in [0.717, 1.165) is 38.2 Å². The first kappa shape index (κ1) is 31.6. The van der Waals surface area contributed by atoms with Crippen molar-refractivity contribution in [3.05, 3.63) is 34.8 Å². The van der Waals surface area contributed by atoms with E-state index >= 15 is 0 Å². The number of nitrogens with zero attached hydrogens (tertiary/aromatic N) is 5. The highest BCUT2D eigenvalue weighted by atomic mass is 16.8. The fraction of sp³-hybridized carbons (Fsp3) is 0.519. The summed E-state index contributed by atoms with van der Waals surface area (Å²) in [5.41, 5.74) is 4.22. The number of aromatic nitrogens is 4. The van der Waals surface area contributed by atoms with Crippen LogP contribution in [0.1, 0.15) is 26.2 Å². The number of fused-ring (bicyclic) bond motifs is 6. The van der Waals surface area contributed by atoms with Crippen LogP contribution in [0.3, 0.4) is 0 Å². The van der Waals surface area contributed by atoms with Crippen molar-refractivity contribution < 1.29 is 47.7 Å². The van der Waals surface area contributed by atoms with Crippen LogP contribution in [0.2, 0.25) is 0 Å². The highest BCUT2D eigenvalue weighted by Gasteiger charge is 2.55. The van der Waals surface area contributed by atoms with Crippen molar-refractivity contribution in [3.63, 3.8) is 0 Å². The summed E-state index contributed by atoms with van der Waals surface area (Å²) in [4.78, 5) is 81.0. The molecule has 5 rings (SSSR count). The van der Waals surface area contributed by atoms with Crippen molar-refractivity contribution >= 4 is 40.9 Å². The van der Waals surface area contributed by atoms with Gasteiger partial charge < -0.3 is 39.6 Å². The SMILES string of the molecule is CCCCOc1nc(N)c2c(n1)n1c(=O)n2OC(=O)/C=C\C(=O)OC12OC(=O)/C=C\C(=O)OC2CNCCCN1CCOCC1. The number of ether oxygens (including phenoxy) is 5. The van der Waals surface area contributed by atoms with Crippen molar-refractivity contribution in [2.75, 3.05) is 58.3 Å². The third kappa shape index (κ3) is 6.97. The molecule has 0 amide bonds. The molecule has 3 N–H and O–H groups in total. The molecule has 5 heterocycles. The highest BCUT2D eigenvalue weighted by molar-refractivity contribution is 5.94. The van der Waals surface area contributed by atoms with E-state index < -0.39 is 47.2 Å². The van der Waals surface area contributed by atoms with Crippen LogP contribution in [0.5, 0.6) is 6.01 Å². The Morgan fingerprint density at radius 2 is 1.67 bits per heavy atom. The maximum Gasteiger partial charge on any atom is 0.392 e. The van der Waals surface area contributed by atoms with Gasteiger partial charge in [0.15, 0.2) is 17.0 Å². The number of morpholine rings is 1. The average molecular weight is 632 g/mol. The molecule has 1 spiro atoms. The number of cyclic esters (lactones) is 1. The summed E-state index contributed by atoms with van der Waals surface area (Å²) in [5.74, 6) is -7.71. The molecule has 0 aromatic carbocycles. The molecule has 1 fully saturated rings. The largest absolute Gasteiger partial charge is 0.463 e. The number of esters is 3. The second kappa shape index (κ2) is 13.9. The topological polar surface area (TPSA) is 218 Å². The summed E-state index contributed by atoms with van der Waals surface area (Å²) in [6.45, 7) is 5.89. The van der Waals surface area contributed by atoms with Crippen molar-refractivity contribution in [1.82, 2.24) is 29.5 Å². The molecular weight excluding hydrogens is 598 g/mol. The number of unbranched alkanes of at least 4 members (excludes halogenated alkanes) is 1. The van der Waals surface area contributed by atoms with E-state index in [-0.39, 0.29) is 30.5 Å². The van der Waals surface area contributed by atoms with Gasteiger partial charge in [-0.25, -0.2) is 24.0 Å². The maximum absolute atomic E-state index is 14.0. The molecule has 2 bridgehead atoms. The van der Waals surface area contributed by atoms with E-state index in [1.54, 1.807) is 0 Å². The van der Waals surface area contributed by atoms with E-state index in [4.69, 9.17) is 34.3 Å². The molecule has 18 nitrogen and oxygen atoms in total. The Morgan fingerprint density at radius 1 is 0.978 bits per heavy atom. The Balaban J connectivity index is 1.61. The van der Waals surface area contributed by atoms with E-state index in [9.17, 15) is 24.0 Å². The molecule has 2 aromatic heterocycles. The molecule has 0 saturated carbocycles. The molecule has 3 aliphatic rings. The molecule has 1 saturated heterocycles. The number of carbonyl (C=O) groups excluding carboxylic acids is 4. The van der Waals surface area contributed by atoms with E-state index in [2.05, 4.69) is 20.2 Å². The van der Waals surface area contributed by atoms with E-state index in [1.165, 1.54) is 0 Å². The number of imidazole rings is 1. The van der Waals surface area contributed by atoms with E-state index in [0.29, 0.717) is 54.0 Å². The lowest BCUT2D eigenvalue weighted by atomic mass is 10.2. The van der Waals surface area contributed by atoms with Gasteiger partial charge in [-0.1, -0.05) is 13.3 Å². The normalized spacial score (nSPS) is 23.8. The Hall–Kier alpha value is -4.81. The number of hydrogen-bond acceptors (Lipinski definition) is 16. The predicted octanol–water partition coefficient (Wildman–Crippen LogP) is -1.63. The van der Waals surface area contributed by atoms with Gasteiger partial charge in [-0.05, 0) is 25.9 Å². The van der Waals surface area contributed by atoms with Gasteiger partial charge in [0.05, 0.1) is 19.8 Å². The molecule has 2 atom stereocenters. The first-order valence-corrected chi connectivity index (χ1v) is 14.4.